The molecule has 2 aromatic heterocycles. The first-order valence-corrected chi connectivity index (χ1v) is 9.37. The van der Waals surface area contributed by atoms with E-state index in [1.807, 2.05) is 61.1 Å². The molecule has 152 valence electrons. The van der Waals surface area contributed by atoms with Gasteiger partial charge in [0.25, 0.3) is 0 Å². The van der Waals surface area contributed by atoms with Crippen LogP contribution < -0.4 is 15.5 Å². The van der Waals surface area contributed by atoms with E-state index in [-0.39, 0.29) is 18.2 Å². The summed E-state index contributed by atoms with van der Waals surface area (Å²) in [5, 5.41) is 10.3. The summed E-state index contributed by atoms with van der Waals surface area (Å²) in [6.45, 7) is 0.582. The van der Waals surface area contributed by atoms with Gasteiger partial charge in [0.2, 0.25) is 5.95 Å². The van der Waals surface area contributed by atoms with Crippen molar-refractivity contribution in [2.45, 2.75) is 18.6 Å². The molecule has 1 aromatic carbocycles. The van der Waals surface area contributed by atoms with E-state index in [4.69, 9.17) is 4.74 Å². The zero-order valence-electron chi connectivity index (χ0n) is 16.6. The summed E-state index contributed by atoms with van der Waals surface area (Å²) in [4.78, 5) is 23.0. The minimum atomic E-state index is -0.288. The number of hydrogen-bond acceptors (Lipinski definition) is 6. The molecule has 0 saturated carbocycles. The van der Waals surface area contributed by atoms with Crippen LogP contribution in [0.25, 0.3) is 5.69 Å². The number of aromatic nitrogens is 5. The summed E-state index contributed by atoms with van der Waals surface area (Å²) in [6.07, 6.45) is 5.71. The molecule has 4 rings (SSSR count). The van der Waals surface area contributed by atoms with E-state index in [1.54, 1.807) is 17.2 Å². The number of anilines is 2. The molecule has 1 aliphatic rings. The van der Waals surface area contributed by atoms with Gasteiger partial charge in [0.15, 0.2) is 0 Å². The number of rotatable bonds is 5. The lowest BCUT2D eigenvalue weighted by Crippen LogP contribution is -2.40. The normalized spacial score (nSPS) is 18.6. The zero-order chi connectivity index (χ0) is 20.4. The van der Waals surface area contributed by atoms with Crippen LogP contribution in [-0.2, 0) is 11.8 Å². The molecule has 1 aliphatic heterocycles. The maximum atomic E-state index is 12.6. The van der Waals surface area contributed by atoms with Crippen LogP contribution in [0.5, 0.6) is 0 Å². The number of nitrogens with one attached hydrogen (secondary N) is 2. The number of hydrogen-bond donors (Lipinski definition) is 2. The molecule has 10 heteroatoms. The van der Waals surface area contributed by atoms with Gasteiger partial charge in [0, 0.05) is 45.8 Å². The van der Waals surface area contributed by atoms with Crippen LogP contribution in [0.4, 0.5) is 16.4 Å². The van der Waals surface area contributed by atoms with Gasteiger partial charge in [-0.3, -0.25) is 0 Å². The first-order valence-electron chi connectivity index (χ1n) is 9.37. The van der Waals surface area contributed by atoms with Crippen LogP contribution in [0.2, 0.25) is 0 Å². The molecule has 2 atom stereocenters. The summed E-state index contributed by atoms with van der Waals surface area (Å²) in [7, 11) is 5.68. The fourth-order valence-corrected chi connectivity index (χ4v) is 3.29. The molecule has 10 nitrogen and oxygen atoms in total. The van der Waals surface area contributed by atoms with Crippen LogP contribution in [0, 0.1) is 0 Å². The monoisotopic (exact) mass is 396 g/mol. The standard InChI is InChI=1S/C19H24N8O2/c1-25(2)18-21-12-27(24-18)14-6-4-5-13(11-14)22-19(28)23-15-7-10-29-16(15)17-20-8-9-26(17)3/h4-6,8-9,11-12,15-16H,7,10H2,1-3H3,(H2,22,23,28)/t15-,16-/m1/s1. The molecular formula is C19H24N8O2. The summed E-state index contributed by atoms with van der Waals surface area (Å²) in [6, 6.07) is 7.00. The van der Waals surface area contributed by atoms with Crippen molar-refractivity contribution in [2.24, 2.45) is 7.05 Å². The van der Waals surface area contributed by atoms with E-state index < -0.39 is 0 Å². The Morgan fingerprint density at radius 3 is 2.90 bits per heavy atom. The summed E-state index contributed by atoms with van der Waals surface area (Å²) in [5.74, 6) is 1.42. The number of aryl methyl sites for hydroxylation is 1. The molecule has 1 saturated heterocycles. The predicted octanol–water partition coefficient (Wildman–Crippen LogP) is 1.72. The topological polar surface area (TPSA) is 102 Å². The first-order chi connectivity index (χ1) is 14.0. The van der Waals surface area contributed by atoms with Crippen LogP contribution in [0.15, 0.2) is 43.0 Å². The number of carbonyl (C=O) groups is 1. The molecule has 3 heterocycles. The highest BCUT2D eigenvalue weighted by Gasteiger charge is 2.33. The van der Waals surface area contributed by atoms with E-state index in [0.717, 1.165) is 17.9 Å². The van der Waals surface area contributed by atoms with Crippen LogP contribution in [-0.4, -0.2) is 57.1 Å². The zero-order valence-corrected chi connectivity index (χ0v) is 16.6. The van der Waals surface area contributed by atoms with E-state index in [1.165, 1.54) is 0 Å². The Kier molecular flexibility index (Phi) is 5.17. The second kappa shape index (κ2) is 7.92. The SMILES string of the molecule is CN(C)c1ncn(-c2cccc(NC(=O)N[C@@H]3CCO[C@H]3c3nccn3C)c2)n1. The van der Waals surface area contributed by atoms with Gasteiger partial charge in [-0.2, -0.15) is 4.98 Å². The van der Waals surface area contributed by atoms with E-state index >= 15 is 0 Å². The summed E-state index contributed by atoms with van der Waals surface area (Å²) < 4.78 is 9.37. The molecule has 0 spiro atoms. The fraction of sp³-hybridized carbons (Fsp3) is 0.368. The minimum absolute atomic E-state index is 0.141. The third-order valence-corrected chi connectivity index (χ3v) is 4.77. The summed E-state index contributed by atoms with van der Waals surface area (Å²) >= 11 is 0. The summed E-state index contributed by atoms with van der Waals surface area (Å²) in [5.41, 5.74) is 1.47. The Bertz CT molecular complexity index is 996. The van der Waals surface area contributed by atoms with Crippen molar-refractivity contribution < 1.29 is 9.53 Å². The molecule has 29 heavy (non-hydrogen) atoms. The molecule has 1 fully saturated rings. The highest BCUT2D eigenvalue weighted by atomic mass is 16.5. The number of carbonyl (C=O) groups excluding carboxylic acids is 1. The van der Waals surface area contributed by atoms with Crippen molar-refractivity contribution >= 4 is 17.7 Å². The Balaban J connectivity index is 1.42. The number of ether oxygens (including phenoxy) is 1. The highest BCUT2D eigenvalue weighted by Crippen LogP contribution is 2.27. The maximum absolute atomic E-state index is 12.6. The predicted molar refractivity (Wildman–Crippen MR) is 108 cm³/mol. The van der Waals surface area contributed by atoms with Gasteiger partial charge in [0.1, 0.15) is 18.3 Å². The fourth-order valence-electron chi connectivity index (χ4n) is 3.29. The number of imidazole rings is 1. The lowest BCUT2D eigenvalue weighted by Gasteiger charge is -2.20. The van der Waals surface area contributed by atoms with Crippen LogP contribution >= 0.6 is 0 Å². The quantitative estimate of drug-likeness (QED) is 0.681. The van der Waals surface area contributed by atoms with Crippen LogP contribution in [0.3, 0.4) is 0 Å². The third-order valence-electron chi connectivity index (χ3n) is 4.77. The van der Waals surface area contributed by atoms with E-state index in [9.17, 15) is 4.79 Å². The molecule has 2 N–H and O–H groups in total. The van der Waals surface area contributed by atoms with Gasteiger partial charge in [-0.05, 0) is 24.6 Å². The minimum Gasteiger partial charge on any atom is -0.368 e. The molecule has 0 aliphatic carbocycles. The van der Waals surface area contributed by atoms with Gasteiger partial charge in [0.05, 0.1) is 11.7 Å². The number of nitrogens with zero attached hydrogens (tertiary/aromatic N) is 6. The molecular weight excluding hydrogens is 372 g/mol. The Morgan fingerprint density at radius 1 is 1.31 bits per heavy atom. The van der Waals surface area contributed by atoms with Gasteiger partial charge >= 0.3 is 6.03 Å². The van der Waals surface area contributed by atoms with Crippen molar-refractivity contribution in [3.63, 3.8) is 0 Å². The van der Waals surface area contributed by atoms with Crippen LogP contribution in [0.1, 0.15) is 18.3 Å². The molecule has 0 unspecified atom stereocenters. The van der Waals surface area contributed by atoms with Gasteiger partial charge in [-0.25, -0.2) is 14.5 Å². The lowest BCUT2D eigenvalue weighted by atomic mass is 10.1. The average Bonchev–Trinajstić information content (AvgIpc) is 3.42. The average molecular weight is 396 g/mol. The molecule has 2 amide bonds. The maximum Gasteiger partial charge on any atom is 0.319 e. The Hall–Kier alpha value is -3.40. The van der Waals surface area contributed by atoms with Gasteiger partial charge in [-0.1, -0.05) is 6.07 Å². The largest absolute Gasteiger partial charge is 0.368 e. The van der Waals surface area contributed by atoms with Crippen molar-refractivity contribution in [2.75, 3.05) is 30.9 Å². The van der Waals surface area contributed by atoms with Gasteiger partial charge < -0.3 is 24.8 Å². The smallest absolute Gasteiger partial charge is 0.319 e. The second-order valence-electron chi connectivity index (χ2n) is 7.12. The third kappa shape index (κ3) is 4.06. The number of benzene rings is 1. The van der Waals surface area contributed by atoms with Crippen molar-refractivity contribution in [3.8, 4) is 5.69 Å². The Morgan fingerprint density at radius 2 is 2.17 bits per heavy atom. The molecule has 0 radical (unpaired) electrons. The second-order valence-corrected chi connectivity index (χ2v) is 7.12. The Labute approximate surface area is 168 Å². The highest BCUT2D eigenvalue weighted by molar-refractivity contribution is 5.89. The number of amides is 2. The van der Waals surface area contributed by atoms with Gasteiger partial charge in [-0.15, -0.1) is 5.10 Å². The lowest BCUT2D eigenvalue weighted by molar-refractivity contribution is 0.0913. The van der Waals surface area contributed by atoms with Crippen molar-refractivity contribution in [1.82, 2.24) is 29.6 Å². The van der Waals surface area contributed by atoms with Crippen molar-refractivity contribution in [1.29, 1.82) is 0 Å². The number of urea groups is 1. The molecule has 0 bridgehead atoms. The van der Waals surface area contributed by atoms with E-state index in [0.29, 0.717) is 18.2 Å². The molecule has 3 aromatic rings. The van der Waals surface area contributed by atoms with E-state index in [2.05, 4.69) is 25.7 Å². The van der Waals surface area contributed by atoms with Crippen molar-refractivity contribution in [3.05, 3.63) is 48.8 Å². The first kappa shape index (κ1) is 18.9.